The van der Waals surface area contributed by atoms with Crippen LogP contribution in [0.4, 0.5) is 0 Å². The molecule has 0 spiro atoms. The maximum Gasteiger partial charge on any atom is 0.306 e. The molecule has 43 heavy (non-hydrogen) atoms. The molecule has 0 N–H and O–H groups in total. The number of carboxylic acids is 1. The number of unbranched alkanes of at least 4 members (excludes halogenated alkanes) is 17. The first kappa shape index (κ1) is 41.3. The monoisotopic (exact) mass is 613 g/mol. The van der Waals surface area contributed by atoms with Crippen LogP contribution < -0.4 is 5.11 Å². The van der Waals surface area contributed by atoms with E-state index in [1.54, 1.807) is 21.1 Å². The van der Waals surface area contributed by atoms with E-state index >= 15 is 0 Å². The molecule has 0 aromatic rings. The summed E-state index contributed by atoms with van der Waals surface area (Å²) in [6.07, 6.45) is 23.4. The zero-order chi connectivity index (χ0) is 32.2. The Kier molecular flexibility index (Phi) is 26.8. The second kappa shape index (κ2) is 27.8. The van der Waals surface area contributed by atoms with Gasteiger partial charge in [0, 0.05) is 19.3 Å². The zero-order valence-electron chi connectivity index (χ0n) is 28.6. The molecule has 0 radical (unpaired) electrons. The van der Waals surface area contributed by atoms with Gasteiger partial charge in [-0.25, -0.2) is 0 Å². The van der Waals surface area contributed by atoms with E-state index in [1.165, 1.54) is 83.5 Å². The number of carboxylic acid groups (broad SMARTS) is 1. The molecule has 2 unspecified atom stereocenters. The van der Waals surface area contributed by atoms with Gasteiger partial charge in [0.2, 0.25) is 0 Å². The average molecular weight is 614 g/mol. The molecule has 0 saturated carbocycles. The van der Waals surface area contributed by atoms with Crippen molar-refractivity contribution in [3.63, 3.8) is 0 Å². The minimum absolute atomic E-state index is 0.0455. The number of hydrogen-bond donors (Lipinski definition) is 0. The van der Waals surface area contributed by atoms with E-state index in [-0.39, 0.29) is 42.7 Å². The Morgan fingerprint density at radius 2 is 1.02 bits per heavy atom. The first-order valence-electron chi connectivity index (χ1n) is 17.6. The number of ether oxygens (including phenoxy) is 3. The van der Waals surface area contributed by atoms with Gasteiger partial charge in [0.15, 0.2) is 6.10 Å². The average Bonchev–Trinajstić information content (AvgIpc) is 2.94. The van der Waals surface area contributed by atoms with Crippen LogP contribution in [0, 0.1) is 0 Å². The lowest BCUT2D eigenvalue weighted by Crippen LogP contribution is -2.55. The van der Waals surface area contributed by atoms with Crippen LogP contribution in [0.3, 0.4) is 0 Å². The van der Waals surface area contributed by atoms with Crippen LogP contribution in [-0.2, 0) is 28.6 Å². The Morgan fingerprint density at radius 3 is 1.49 bits per heavy atom. The Balaban J connectivity index is 4.18. The maximum absolute atomic E-state index is 12.5. The molecule has 254 valence electrons. The van der Waals surface area contributed by atoms with Gasteiger partial charge in [-0.05, 0) is 12.8 Å². The van der Waals surface area contributed by atoms with Crippen molar-refractivity contribution in [1.82, 2.24) is 0 Å². The number of aliphatic carboxylic acids is 1. The van der Waals surface area contributed by atoms with Crippen molar-refractivity contribution >= 4 is 17.9 Å². The molecule has 0 amide bonds. The van der Waals surface area contributed by atoms with Gasteiger partial charge in [-0.3, -0.25) is 9.59 Å². The van der Waals surface area contributed by atoms with Crippen LogP contribution >= 0.6 is 0 Å². The smallest absolute Gasteiger partial charge is 0.306 e. The molecule has 2 atom stereocenters. The first-order chi connectivity index (χ1) is 20.6. The van der Waals surface area contributed by atoms with Gasteiger partial charge in [0.25, 0.3) is 0 Å². The standard InChI is InChI=1S/C35H67NO7/c1-6-8-10-11-12-13-14-15-16-17-18-19-20-21-22-24-26-34(38)43-31(30-42-33(37)25-23-9-7-2)29-41-28-27-32(35(39)40)36(3,4)5/h31-32H,6-30H2,1-5H3. The highest BCUT2D eigenvalue weighted by molar-refractivity contribution is 5.70. The summed E-state index contributed by atoms with van der Waals surface area (Å²) in [5.74, 6) is -1.76. The summed E-state index contributed by atoms with van der Waals surface area (Å²) < 4.78 is 16.8. The van der Waals surface area contributed by atoms with E-state index < -0.39 is 18.1 Å². The highest BCUT2D eigenvalue weighted by Gasteiger charge is 2.25. The molecule has 0 aliphatic heterocycles. The Bertz CT molecular complexity index is 692. The van der Waals surface area contributed by atoms with Crippen molar-refractivity contribution in [2.24, 2.45) is 0 Å². The number of likely N-dealkylation sites (N-methyl/N-ethyl adjacent to an activating group) is 1. The van der Waals surface area contributed by atoms with Crippen LogP contribution in [0.25, 0.3) is 0 Å². The molecule has 8 nitrogen and oxygen atoms in total. The summed E-state index contributed by atoms with van der Waals surface area (Å²) >= 11 is 0. The van der Waals surface area contributed by atoms with Crippen LogP contribution in [-0.4, -0.2) is 75.5 Å². The van der Waals surface area contributed by atoms with Gasteiger partial charge < -0.3 is 28.6 Å². The normalized spacial score (nSPS) is 13.0. The third-order valence-corrected chi connectivity index (χ3v) is 7.99. The molecule has 0 aliphatic carbocycles. The largest absolute Gasteiger partial charge is 0.544 e. The van der Waals surface area contributed by atoms with E-state index in [4.69, 9.17) is 14.2 Å². The Hall–Kier alpha value is -1.67. The van der Waals surface area contributed by atoms with E-state index in [9.17, 15) is 19.5 Å². The molecule has 0 bridgehead atoms. The summed E-state index contributed by atoms with van der Waals surface area (Å²) in [5, 5.41) is 11.5. The second-order valence-electron chi connectivity index (χ2n) is 13.1. The number of quaternary nitrogens is 1. The molecule has 0 rings (SSSR count). The molecule has 8 heteroatoms. The van der Waals surface area contributed by atoms with Crippen molar-refractivity contribution in [2.45, 2.75) is 167 Å². The van der Waals surface area contributed by atoms with E-state index in [2.05, 4.69) is 13.8 Å². The number of hydrogen-bond acceptors (Lipinski definition) is 7. The van der Waals surface area contributed by atoms with Gasteiger partial charge in [-0.15, -0.1) is 0 Å². The van der Waals surface area contributed by atoms with Crippen molar-refractivity contribution < 1.29 is 38.2 Å². The first-order valence-corrected chi connectivity index (χ1v) is 17.6. The minimum atomic E-state index is -1.13. The topological polar surface area (TPSA) is 102 Å². The minimum Gasteiger partial charge on any atom is -0.544 e. The summed E-state index contributed by atoms with van der Waals surface area (Å²) in [5.41, 5.74) is 0. The molecule has 0 aliphatic rings. The van der Waals surface area contributed by atoms with Crippen LogP contribution in [0.1, 0.15) is 155 Å². The van der Waals surface area contributed by atoms with Gasteiger partial charge in [0.05, 0.1) is 40.3 Å². The fourth-order valence-corrected chi connectivity index (χ4v) is 5.19. The second-order valence-corrected chi connectivity index (χ2v) is 13.1. The van der Waals surface area contributed by atoms with E-state index in [0.717, 1.165) is 38.5 Å². The van der Waals surface area contributed by atoms with Crippen LogP contribution in [0.15, 0.2) is 0 Å². The highest BCUT2D eigenvalue weighted by Crippen LogP contribution is 2.15. The molecule has 0 aromatic heterocycles. The molecule has 0 fully saturated rings. The lowest BCUT2D eigenvalue weighted by molar-refractivity contribution is -0.889. The highest BCUT2D eigenvalue weighted by atomic mass is 16.6. The summed E-state index contributed by atoms with van der Waals surface area (Å²) in [7, 11) is 5.38. The fraction of sp³-hybridized carbons (Fsp3) is 0.914. The lowest BCUT2D eigenvalue weighted by atomic mass is 10.0. The van der Waals surface area contributed by atoms with Crippen LogP contribution in [0.5, 0.6) is 0 Å². The lowest BCUT2D eigenvalue weighted by Gasteiger charge is -2.34. The molecule has 0 saturated heterocycles. The van der Waals surface area contributed by atoms with Crippen molar-refractivity contribution in [1.29, 1.82) is 0 Å². The quantitative estimate of drug-likeness (QED) is 0.0476. The van der Waals surface area contributed by atoms with Gasteiger partial charge in [-0.1, -0.05) is 123 Å². The fourth-order valence-electron chi connectivity index (χ4n) is 5.19. The van der Waals surface area contributed by atoms with Gasteiger partial charge >= 0.3 is 11.9 Å². The third-order valence-electron chi connectivity index (χ3n) is 7.99. The van der Waals surface area contributed by atoms with E-state index in [1.807, 2.05) is 0 Å². The summed E-state index contributed by atoms with van der Waals surface area (Å²) in [4.78, 5) is 36.1. The molecule has 0 aromatic carbocycles. The number of carbonyl (C=O) groups is 3. The van der Waals surface area contributed by atoms with Gasteiger partial charge in [-0.2, -0.15) is 0 Å². The summed E-state index contributed by atoms with van der Waals surface area (Å²) in [6.45, 7) is 4.49. The van der Waals surface area contributed by atoms with E-state index in [0.29, 0.717) is 12.8 Å². The van der Waals surface area contributed by atoms with Crippen molar-refractivity contribution in [3.05, 3.63) is 0 Å². The number of carbonyl (C=O) groups excluding carboxylic acids is 3. The van der Waals surface area contributed by atoms with Crippen molar-refractivity contribution in [2.75, 3.05) is 41.0 Å². The predicted molar refractivity (Wildman–Crippen MR) is 171 cm³/mol. The van der Waals surface area contributed by atoms with Crippen LogP contribution in [0.2, 0.25) is 0 Å². The Morgan fingerprint density at radius 1 is 0.605 bits per heavy atom. The molecular weight excluding hydrogens is 546 g/mol. The molecule has 0 heterocycles. The van der Waals surface area contributed by atoms with Gasteiger partial charge in [0.1, 0.15) is 12.6 Å². The zero-order valence-corrected chi connectivity index (χ0v) is 28.6. The molecular formula is C35H67NO7. The predicted octanol–water partition coefficient (Wildman–Crippen LogP) is 6.90. The number of rotatable bonds is 31. The summed E-state index contributed by atoms with van der Waals surface area (Å²) in [6, 6.07) is -0.715. The Labute approximate surface area is 264 Å². The number of nitrogens with zero attached hydrogens (tertiary/aromatic N) is 1. The third kappa shape index (κ3) is 26.5. The van der Waals surface area contributed by atoms with Crippen molar-refractivity contribution in [3.8, 4) is 0 Å². The maximum atomic E-state index is 12.5. The SMILES string of the molecule is CCCCCCCCCCCCCCCCCCC(=O)OC(COCCC(C(=O)[O-])[N+](C)(C)C)COC(=O)CCCCC. The number of esters is 2.